The maximum absolute atomic E-state index is 13.1. The number of hydrazine groups is 1. The van der Waals surface area contributed by atoms with Gasteiger partial charge in [0.2, 0.25) is 0 Å². The summed E-state index contributed by atoms with van der Waals surface area (Å²) in [6.45, 7) is 7.99. The van der Waals surface area contributed by atoms with Crippen LogP contribution in [0.3, 0.4) is 0 Å². The van der Waals surface area contributed by atoms with Crippen molar-refractivity contribution in [3.8, 4) is 17.2 Å². The molecule has 0 spiro atoms. The number of hydrogen-bond acceptors (Lipinski definition) is 7. The predicted molar refractivity (Wildman–Crippen MR) is 127 cm³/mol. The first-order valence-electron chi connectivity index (χ1n) is 11.7. The van der Waals surface area contributed by atoms with E-state index in [4.69, 9.17) is 14.2 Å². The fraction of sp³-hybridized carbons (Fsp3) is 0.480. The second-order valence-electron chi connectivity index (χ2n) is 8.22. The Morgan fingerprint density at radius 1 is 0.939 bits per heavy atom. The lowest BCUT2D eigenvalue weighted by Crippen LogP contribution is -2.55. The summed E-state index contributed by atoms with van der Waals surface area (Å²) in [5.41, 5.74) is 8.71. The van der Waals surface area contributed by atoms with E-state index in [2.05, 4.69) is 27.9 Å². The van der Waals surface area contributed by atoms with E-state index in [0.29, 0.717) is 43.4 Å². The molecule has 0 radical (unpaired) electrons. The van der Waals surface area contributed by atoms with Crippen LogP contribution in [0.5, 0.6) is 17.2 Å². The number of ether oxygens (including phenoxy) is 3. The summed E-state index contributed by atoms with van der Waals surface area (Å²) in [6, 6.07) is 13.9. The summed E-state index contributed by atoms with van der Waals surface area (Å²) in [5.74, 6) is 2.19. The Morgan fingerprint density at radius 2 is 1.64 bits per heavy atom. The van der Waals surface area contributed by atoms with Crippen LogP contribution in [0.2, 0.25) is 0 Å². The number of methoxy groups -OCH3 is 1. The van der Waals surface area contributed by atoms with E-state index in [1.54, 1.807) is 13.2 Å². The molecule has 2 aromatic carbocycles. The zero-order chi connectivity index (χ0) is 23.2. The molecule has 2 unspecified atom stereocenters. The first-order valence-corrected chi connectivity index (χ1v) is 11.7. The number of carbonyl (C=O) groups is 1. The van der Waals surface area contributed by atoms with Gasteiger partial charge in [-0.15, -0.1) is 0 Å². The van der Waals surface area contributed by atoms with Crippen molar-refractivity contribution in [3.63, 3.8) is 0 Å². The third kappa shape index (κ3) is 5.40. The predicted octanol–water partition coefficient (Wildman–Crippen LogP) is 2.82. The molecule has 2 heterocycles. The second kappa shape index (κ2) is 10.9. The van der Waals surface area contributed by atoms with E-state index in [1.807, 2.05) is 43.0 Å². The molecule has 2 atom stereocenters. The fourth-order valence-electron chi connectivity index (χ4n) is 4.44. The fourth-order valence-corrected chi connectivity index (χ4v) is 4.44. The van der Waals surface area contributed by atoms with Crippen LogP contribution in [0.25, 0.3) is 0 Å². The van der Waals surface area contributed by atoms with Gasteiger partial charge in [0.1, 0.15) is 5.75 Å². The molecule has 1 amide bonds. The first kappa shape index (κ1) is 23.4. The molecule has 8 heteroatoms. The number of piperazine rings is 1. The van der Waals surface area contributed by atoms with Gasteiger partial charge < -0.3 is 19.1 Å². The van der Waals surface area contributed by atoms with Crippen molar-refractivity contribution in [2.45, 2.75) is 32.5 Å². The molecule has 2 aromatic rings. The van der Waals surface area contributed by atoms with Gasteiger partial charge >= 0.3 is 0 Å². The van der Waals surface area contributed by atoms with E-state index in [-0.39, 0.29) is 18.1 Å². The minimum absolute atomic E-state index is 0.0345. The summed E-state index contributed by atoms with van der Waals surface area (Å²) >= 11 is 0. The minimum Gasteiger partial charge on any atom is -0.497 e. The third-order valence-corrected chi connectivity index (χ3v) is 6.23. The molecular formula is C25H34N4O4. The lowest BCUT2D eigenvalue weighted by molar-refractivity contribution is 0.0544. The van der Waals surface area contributed by atoms with E-state index >= 15 is 0 Å². The standard InChI is InChI=1S/C25H34N4O4/c1-4-32-22-11-8-19(16-23(22)33-5-2)25(30)29-14-12-28(13-15-29)24-17-21(26-27-24)18-6-9-20(31-3)10-7-18/h6-11,16,21,24,26-27H,4-5,12-15,17H2,1-3H3. The van der Waals surface area contributed by atoms with Gasteiger partial charge in [-0.25, -0.2) is 10.9 Å². The van der Waals surface area contributed by atoms with Crippen LogP contribution in [-0.4, -0.2) is 68.4 Å². The Hall–Kier alpha value is -2.81. The van der Waals surface area contributed by atoms with Crippen molar-refractivity contribution < 1.29 is 19.0 Å². The van der Waals surface area contributed by atoms with Crippen LogP contribution in [0.15, 0.2) is 42.5 Å². The highest BCUT2D eigenvalue weighted by molar-refractivity contribution is 5.95. The van der Waals surface area contributed by atoms with Gasteiger partial charge in [-0.2, -0.15) is 0 Å². The zero-order valence-corrected chi connectivity index (χ0v) is 19.7. The first-order chi connectivity index (χ1) is 16.1. The van der Waals surface area contributed by atoms with E-state index in [9.17, 15) is 4.79 Å². The minimum atomic E-state index is 0.0345. The quantitative estimate of drug-likeness (QED) is 0.635. The lowest BCUT2D eigenvalue weighted by atomic mass is 10.0. The maximum atomic E-state index is 13.1. The maximum Gasteiger partial charge on any atom is 0.254 e. The number of benzene rings is 2. The molecule has 33 heavy (non-hydrogen) atoms. The summed E-state index contributed by atoms with van der Waals surface area (Å²) < 4.78 is 16.6. The molecule has 0 aromatic heterocycles. The molecule has 4 rings (SSSR count). The zero-order valence-electron chi connectivity index (χ0n) is 19.7. The van der Waals surface area contributed by atoms with Crippen molar-refractivity contribution in [2.75, 3.05) is 46.5 Å². The Balaban J connectivity index is 1.32. The summed E-state index contributed by atoms with van der Waals surface area (Å²) in [6.07, 6.45) is 1.21. The highest BCUT2D eigenvalue weighted by Gasteiger charge is 2.32. The molecule has 8 nitrogen and oxygen atoms in total. The second-order valence-corrected chi connectivity index (χ2v) is 8.22. The van der Waals surface area contributed by atoms with Crippen molar-refractivity contribution in [1.82, 2.24) is 20.7 Å². The average Bonchev–Trinajstić information content (AvgIpc) is 3.35. The highest BCUT2D eigenvalue weighted by Crippen LogP contribution is 2.30. The van der Waals surface area contributed by atoms with Crippen molar-refractivity contribution >= 4 is 5.91 Å². The van der Waals surface area contributed by atoms with Gasteiger partial charge in [0.15, 0.2) is 11.5 Å². The topological polar surface area (TPSA) is 75.3 Å². The van der Waals surface area contributed by atoms with E-state index < -0.39 is 0 Å². The third-order valence-electron chi connectivity index (χ3n) is 6.23. The van der Waals surface area contributed by atoms with E-state index in [1.165, 1.54) is 5.56 Å². The van der Waals surface area contributed by atoms with Crippen LogP contribution in [-0.2, 0) is 0 Å². The normalized spacial score (nSPS) is 21.1. The average molecular weight is 455 g/mol. The van der Waals surface area contributed by atoms with Gasteiger partial charge in [-0.1, -0.05) is 12.1 Å². The number of carbonyl (C=O) groups excluding carboxylic acids is 1. The number of nitrogens with one attached hydrogen (secondary N) is 2. The van der Waals surface area contributed by atoms with Crippen LogP contribution in [0.4, 0.5) is 0 Å². The van der Waals surface area contributed by atoms with Gasteiger partial charge in [-0.05, 0) is 56.2 Å². The van der Waals surface area contributed by atoms with Crippen molar-refractivity contribution in [1.29, 1.82) is 0 Å². The van der Waals surface area contributed by atoms with Crippen LogP contribution in [0.1, 0.15) is 42.2 Å². The number of rotatable bonds is 8. The summed E-state index contributed by atoms with van der Waals surface area (Å²) in [4.78, 5) is 17.4. The molecule has 2 saturated heterocycles. The summed E-state index contributed by atoms with van der Waals surface area (Å²) in [7, 11) is 1.68. The molecule has 0 aliphatic carbocycles. The van der Waals surface area contributed by atoms with Crippen LogP contribution < -0.4 is 25.1 Å². The molecule has 0 saturated carbocycles. The number of amides is 1. The smallest absolute Gasteiger partial charge is 0.254 e. The molecule has 178 valence electrons. The molecule has 2 fully saturated rings. The van der Waals surface area contributed by atoms with Gasteiger partial charge in [-0.3, -0.25) is 9.69 Å². The summed E-state index contributed by atoms with van der Waals surface area (Å²) in [5, 5.41) is 0. The molecule has 0 bridgehead atoms. The van der Waals surface area contributed by atoms with Gasteiger partial charge in [0.25, 0.3) is 5.91 Å². The molecular weight excluding hydrogens is 420 g/mol. The highest BCUT2D eigenvalue weighted by atomic mass is 16.5. The number of nitrogens with zero attached hydrogens (tertiary/aromatic N) is 2. The molecule has 2 aliphatic heterocycles. The lowest BCUT2D eigenvalue weighted by Gasteiger charge is -2.37. The largest absolute Gasteiger partial charge is 0.497 e. The van der Waals surface area contributed by atoms with Gasteiger partial charge in [0.05, 0.1) is 26.5 Å². The monoisotopic (exact) mass is 454 g/mol. The molecule has 2 N–H and O–H groups in total. The molecule has 2 aliphatic rings. The van der Waals surface area contributed by atoms with E-state index in [0.717, 1.165) is 25.3 Å². The van der Waals surface area contributed by atoms with Crippen LogP contribution >= 0.6 is 0 Å². The Labute approximate surface area is 195 Å². The Morgan fingerprint density at radius 3 is 2.30 bits per heavy atom. The number of hydrogen-bond donors (Lipinski definition) is 2. The van der Waals surface area contributed by atoms with Crippen LogP contribution in [0, 0.1) is 0 Å². The van der Waals surface area contributed by atoms with Crippen molar-refractivity contribution in [2.24, 2.45) is 0 Å². The SMILES string of the molecule is CCOc1ccc(C(=O)N2CCN(C3CC(c4ccc(OC)cc4)NN3)CC2)cc1OCC. The Kier molecular flexibility index (Phi) is 7.69. The van der Waals surface area contributed by atoms with Gasteiger partial charge in [0, 0.05) is 37.8 Å². The Bertz CT molecular complexity index is 929. The van der Waals surface area contributed by atoms with Crippen molar-refractivity contribution in [3.05, 3.63) is 53.6 Å².